The number of anilines is 1. The minimum absolute atomic E-state index is 0.264. The largest absolute Gasteiger partial charge is 0.471 e. The zero-order chi connectivity index (χ0) is 20.1. The molecule has 2 aliphatic heterocycles. The molecule has 0 unspecified atom stereocenters. The smallest absolute Gasteiger partial charge is 0.455 e. The van der Waals surface area contributed by atoms with E-state index < -0.39 is 24.2 Å². The van der Waals surface area contributed by atoms with Crippen LogP contribution in [0.5, 0.6) is 11.5 Å². The number of halogens is 5. The number of fused-ring (bicyclic) bond motifs is 5. The predicted octanol–water partition coefficient (Wildman–Crippen LogP) is 5.49. The average Bonchev–Trinajstić information content (AvgIpc) is 2.79. The number of benzene rings is 2. The van der Waals surface area contributed by atoms with E-state index in [0.717, 1.165) is 0 Å². The van der Waals surface area contributed by atoms with Crippen LogP contribution < -0.4 is 15.0 Å². The zero-order valence-corrected chi connectivity index (χ0v) is 15.9. The third-order valence-electron chi connectivity index (χ3n) is 4.98. The highest BCUT2D eigenvalue weighted by molar-refractivity contribution is 6.44. The predicted molar refractivity (Wildman–Crippen MR) is 100 cm³/mol. The molecule has 0 bridgehead atoms. The van der Waals surface area contributed by atoms with E-state index >= 15 is 0 Å². The Kier molecular flexibility index (Phi) is 4.83. The van der Waals surface area contributed by atoms with Crippen LogP contribution >= 0.6 is 23.2 Å². The van der Waals surface area contributed by atoms with E-state index in [9.17, 15) is 18.0 Å². The SMILES string of the molecule is O=C(N[C@@H]1CCCN2c3c(ccc(Cl)c3Cl)Oc3ccccc3[C@H]12)C(F)(F)F. The van der Waals surface area contributed by atoms with Gasteiger partial charge in [-0.2, -0.15) is 13.2 Å². The van der Waals surface area contributed by atoms with E-state index in [1.54, 1.807) is 36.4 Å². The summed E-state index contributed by atoms with van der Waals surface area (Å²) in [7, 11) is 0. The van der Waals surface area contributed by atoms with E-state index in [1.807, 2.05) is 4.90 Å². The lowest BCUT2D eigenvalue weighted by Gasteiger charge is -2.42. The van der Waals surface area contributed by atoms with Gasteiger partial charge in [0.25, 0.3) is 0 Å². The van der Waals surface area contributed by atoms with Crippen LogP contribution in [0.4, 0.5) is 18.9 Å². The van der Waals surface area contributed by atoms with Crippen molar-refractivity contribution in [3.63, 3.8) is 0 Å². The summed E-state index contributed by atoms with van der Waals surface area (Å²) in [5.41, 5.74) is 1.19. The summed E-state index contributed by atoms with van der Waals surface area (Å²) in [6.45, 7) is 0.536. The van der Waals surface area contributed by atoms with Crippen LogP contribution in [0, 0.1) is 0 Å². The summed E-state index contributed by atoms with van der Waals surface area (Å²) in [5, 5.41) is 2.73. The monoisotopic (exact) mass is 430 g/mol. The summed E-state index contributed by atoms with van der Waals surface area (Å²) in [6, 6.07) is 9.02. The second-order valence-corrected chi connectivity index (χ2v) is 7.49. The van der Waals surface area contributed by atoms with Crippen molar-refractivity contribution < 1.29 is 22.7 Å². The lowest BCUT2D eigenvalue weighted by molar-refractivity contribution is -0.174. The molecule has 1 amide bonds. The van der Waals surface area contributed by atoms with Crippen molar-refractivity contribution >= 4 is 34.8 Å². The number of amides is 1. The maximum absolute atomic E-state index is 12.9. The van der Waals surface area contributed by atoms with Crippen LogP contribution in [0.25, 0.3) is 0 Å². The second kappa shape index (κ2) is 7.04. The zero-order valence-electron chi connectivity index (χ0n) is 14.4. The number of nitrogens with one attached hydrogen (secondary N) is 1. The Balaban J connectivity index is 1.85. The molecule has 0 radical (unpaired) electrons. The standard InChI is InChI=1S/C19H15Cl2F3N2O2/c20-11-7-8-14-17(15(11)21)26-9-3-5-12(25-18(27)19(22,23)24)16(26)10-4-1-2-6-13(10)28-14/h1-2,4,6-8,12,16H,3,5,9H2,(H,25,27)/t12-,16-/m1/s1. The summed E-state index contributed by atoms with van der Waals surface area (Å²) < 4.78 is 44.6. The fraction of sp³-hybridized carbons (Fsp3) is 0.316. The van der Waals surface area contributed by atoms with Crippen LogP contribution in [0.2, 0.25) is 10.0 Å². The van der Waals surface area contributed by atoms with Gasteiger partial charge in [0, 0.05) is 12.1 Å². The molecule has 2 atom stereocenters. The van der Waals surface area contributed by atoms with Gasteiger partial charge in [0.15, 0.2) is 5.75 Å². The number of carbonyl (C=O) groups is 1. The van der Waals surface area contributed by atoms with Crippen LogP contribution in [-0.4, -0.2) is 24.7 Å². The molecular formula is C19H15Cl2F3N2O2. The maximum atomic E-state index is 12.9. The number of hydrogen-bond acceptors (Lipinski definition) is 3. The van der Waals surface area contributed by atoms with E-state index in [2.05, 4.69) is 5.32 Å². The molecule has 4 rings (SSSR count). The molecule has 0 spiro atoms. The van der Waals surface area contributed by atoms with E-state index in [-0.39, 0.29) is 5.02 Å². The van der Waals surface area contributed by atoms with Gasteiger partial charge >= 0.3 is 12.1 Å². The van der Waals surface area contributed by atoms with Gasteiger partial charge in [0.1, 0.15) is 11.4 Å². The van der Waals surface area contributed by atoms with Crippen LogP contribution in [0.1, 0.15) is 24.4 Å². The molecule has 1 fully saturated rings. The minimum atomic E-state index is -4.96. The van der Waals surface area contributed by atoms with Gasteiger partial charge in [-0.05, 0) is 31.0 Å². The molecular weight excluding hydrogens is 416 g/mol. The first-order chi connectivity index (χ1) is 13.3. The van der Waals surface area contributed by atoms with Gasteiger partial charge in [-0.15, -0.1) is 0 Å². The number of hydrogen-bond donors (Lipinski definition) is 1. The highest BCUT2D eigenvalue weighted by atomic mass is 35.5. The van der Waals surface area contributed by atoms with Crippen LogP contribution in [0.3, 0.4) is 0 Å². The van der Waals surface area contributed by atoms with Gasteiger partial charge in [-0.3, -0.25) is 4.79 Å². The number of carbonyl (C=O) groups excluding carboxylic acids is 1. The second-order valence-electron chi connectivity index (χ2n) is 6.71. The Hall–Kier alpha value is -2.12. The number of piperidine rings is 1. The van der Waals surface area contributed by atoms with Crippen molar-refractivity contribution in [2.45, 2.75) is 31.1 Å². The van der Waals surface area contributed by atoms with Crippen LogP contribution in [0.15, 0.2) is 36.4 Å². The molecule has 2 aromatic rings. The van der Waals surface area contributed by atoms with Crippen molar-refractivity contribution in [1.29, 1.82) is 0 Å². The number of alkyl halides is 3. The highest BCUT2D eigenvalue weighted by Gasteiger charge is 2.44. The molecule has 2 heterocycles. The number of ether oxygens (including phenoxy) is 1. The molecule has 0 saturated carbocycles. The first kappa shape index (κ1) is 19.2. The van der Waals surface area contributed by atoms with Crippen molar-refractivity contribution in [2.75, 3.05) is 11.4 Å². The van der Waals surface area contributed by atoms with Gasteiger partial charge in [0.05, 0.1) is 22.1 Å². The summed E-state index contributed by atoms with van der Waals surface area (Å²) in [6.07, 6.45) is -3.99. The normalized spacial score (nSPS) is 21.0. The fourth-order valence-corrected chi connectivity index (χ4v) is 4.26. The Bertz CT molecular complexity index is 936. The molecule has 4 nitrogen and oxygen atoms in total. The molecule has 1 N–H and O–H groups in total. The third-order valence-corrected chi connectivity index (χ3v) is 5.78. The van der Waals surface area contributed by atoms with E-state index in [0.29, 0.717) is 47.2 Å². The molecule has 1 saturated heterocycles. The highest BCUT2D eigenvalue weighted by Crippen LogP contribution is 2.51. The van der Waals surface area contributed by atoms with Gasteiger partial charge in [-0.1, -0.05) is 41.4 Å². The Labute approximate surface area is 169 Å². The van der Waals surface area contributed by atoms with Gasteiger partial charge in [0.2, 0.25) is 0 Å². The molecule has 9 heteroatoms. The number of rotatable bonds is 1. The average molecular weight is 431 g/mol. The first-order valence-electron chi connectivity index (χ1n) is 8.66. The molecule has 0 aliphatic carbocycles. The van der Waals surface area contributed by atoms with Gasteiger partial charge in [-0.25, -0.2) is 0 Å². The molecule has 148 valence electrons. The van der Waals surface area contributed by atoms with Gasteiger partial charge < -0.3 is 15.0 Å². The molecule has 28 heavy (non-hydrogen) atoms. The quantitative estimate of drug-likeness (QED) is 0.650. The maximum Gasteiger partial charge on any atom is 0.471 e. The molecule has 2 aromatic carbocycles. The fourth-order valence-electron chi connectivity index (χ4n) is 3.84. The van der Waals surface area contributed by atoms with Crippen molar-refractivity contribution in [3.8, 4) is 11.5 Å². The van der Waals surface area contributed by atoms with E-state index in [1.165, 1.54) is 0 Å². The lowest BCUT2D eigenvalue weighted by atomic mass is 9.89. The minimum Gasteiger partial charge on any atom is -0.455 e. The summed E-state index contributed by atoms with van der Waals surface area (Å²) in [5.74, 6) is -0.991. The van der Waals surface area contributed by atoms with Crippen LogP contribution in [-0.2, 0) is 4.79 Å². The Morgan fingerprint density at radius 3 is 2.64 bits per heavy atom. The first-order valence-corrected chi connectivity index (χ1v) is 9.42. The number of para-hydroxylation sites is 1. The van der Waals surface area contributed by atoms with E-state index in [4.69, 9.17) is 27.9 Å². The summed E-state index contributed by atoms with van der Waals surface area (Å²) in [4.78, 5) is 13.5. The Morgan fingerprint density at radius 1 is 1.14 bits per heavy atom. The lowest BCUT2D eigenvalue weighted by Crippen LogP contribution is -2.52. The number of nitrogens with zero attached hydrogens (tertiary/aromatic N) is 1. The van der Waals surface area contributed by atoms with Crippen molar-refractivity contribution in [3.05, 3.63) is 52.0 Å². The summed E-state index contributed by atoms with van der Waals surface area (Å²) >= 11 is 12.6. The third kappa shape index (κ3) is 3.26. The van der Waals surface area contributed by atoms with Crippen molar-refractivity contribution in [1.82, 2.24) is 5.32 Å². The molecule has 0 aromatic heterocycles. The molecule has 2 aliphatic rings. The Morgan fingerprint density at radius 2 is 1.89 bits per heavy atom. The van der Waals surface area contributed by atoms with Crippen molar-refractivity contribution in [2.24, 2.45) is 0 Å². The topological polar surface area (TPSA) is 41.6 Å².